The molecule has 0 bridgehead atoms. The van der Waals surface area contributed by atoms with E-state index >= 15 is 0 Å². The normalized spacial score (nSPS) is 16.9. The number of nitrogens with zero attached hydrogens (tertiary/aromatic N) is 2. The molecule has 0 N–H and O–H groups in total. The number of ether oxygens (including phenoxy) is 2. The highest BCUT2D eigenvalue weighted by atomic mass is 16.5. The van der Waals surface area contributed by atoms with Gasteiger partial charge < -0.3 is 9.47 Å². The van der Waals surface area contributed by atoms with Gasteiger partial charge in [-0.3, -0.25) is 9.59 Å². The van der Waals surface area contributed by atoms with E-state index in [1.165, 1.54) is 0 Å². The van der Waals surface area contributed by atoms with Gasteiger partial charge in [-0.15, -0.1) is 0 Å². The molecule has 1 aromatic heterocycles. The van der Waals surface area contributed by atoms with Crippen LogP contribution in [-0.2, 0) is 11.2 Å². The fourth-order valence-corrected chi connectivity index (χ4v) is 3.46. The first-order chi connectivity index (χ1) is 13.0. The first-order valence-electron chi connectivity index (χ1n) is 9.17. The zero-order valence-corrected chi connectivity index (χ0v) is 15.9. The van der Waals surface area contributed by atoms with E-state index in [1.807, 2.05) is 6.92 Å². The van der Waals surface area contributed by atoms with Crippen molar-refractivity contribution in [1.82, 2.24) is 9.13 Å². The monoisotopic (exact) mass is 372 g/mol. The Morgan fingerprint density at radius 2 is 1.93 bits per heavy atom. The summed E-state index contributed by atoms with van der Waals surface area (Å²) in [4.78, 5) is 39.1. The third-order valence-corrected chi connectivity index (χ3v) is 4.98. The lowest BCUT2D eigenvalue weighted by molar-refractivity contribution is -0.0374. The minimum atomic E-state index is -0.651. The second-order valence-electron chi connectivity index (χ2n) is 6.57. The van der Waals surface area contributed by atoms with Gasteiger partial charge >= 0.3 is 5.69 Å². The van der Waals surface area contributed by atoms with Crippen LogP contribution in [-0.4, -0.2) is 28.8 Å². The molecule has 7 heteroatoms. The summed E-state index contributed by atoms with van der Waals surface area (Å²) in [6.45, 7) is 3.97. The number of carbonyl (C=O) groups excluding carboxylic acids is 1. The van der Waals surface area contributed by atoms with Gasteiger partial charge in [-0.25, -0.2) is 13.9 Å². The molecule has 27 heavy (non-hydrogen) atoms. The Bertz CT molecular complexity index is 950. The molecule has 0 aliphatic carbocycles. The van der Waals surface area contributed by atoms with Gasteiger partial charge in [-0.1, -0.05) is 6.92 Å². The molecule has 0 saturated carbocycles. The Labute approximate surface area is 157 Å². The zero-order chi connectivity index (χ0) is 19.6. The summed E-state index contributed by atoms with van der Waals surface area (Å²) in [5, 5.41) is 0. The molecule has 0 spiro atoms. The van der Waals surface area contributed by atoms with Gasteiger partial charge in [0.05, 0.1) is 7.11 Å². The molecule has 0 radical (unpaired) electrons. The Kier molecular flexibility index (Phi) is 5.60. The van der Waals surface area contributed by atoms with Crippen molar-refractivity contribution in [3.63, 3.8) is 0 Å². The molecule has 7 nitrogen and oxygen atoms in total. The van der Waals surface area contributed by atoms with Gasteiger partial charge in [0, 0.05) is 23.4 Å². The molecule has 3 rings (SSSR count). The van der Waals surface area contributed by atoms with Gasteiger partial charge in [0.1, 0.15) is 12.0 Å². The van der Waals surface area contributed by atoms with Crippen molar-refractivity contribution in [2.45, 2.75) is 45.8 Å². The van der Waals surface area contributed by atoms with E-state index in [4.69, 9.17) is 9.47 Å². The van der Waals surface area contributed by atoms with E-state index in [9.17, 15) is 14.4 Å². The van der Waals surface area contributed by atoms with Crippen LogP contribution >= 0.6 is 0 Å². The highest BCUT2D eigenvalue weighted by Gasteiger charge is 2.26. The van der Waals surface area contributed by atoms with Crippen molar-refractivity contribution in [3.05, 3.63) is 61.9 Å². The predicted molar refractivity (Wildman–Crippen MR) is 101 cm³/mol. The third kappa shape index (κ3) is 3.47. The van der Waals surface area contributed by atoms with E-state index < -0.39 is 17.8 Å². The average Bonchev–Trinajstić information content (AvgIpc) is 2.69. The minimum Gasteiger partial charge on any atom is -0.497 e. The van der Waals surface area contributed by atoms with Crippen molar-refractivity contribution in [3.8, 4) is 5.75 Å². The van der Waals surface area contributed by atoms with Crippen molar-refractivity contribution in [2.24, 2.45) is 0 Å². The van der Waals surface area contributed by atoms with Gasteiger partial charge in [0.2, 0.25) is 0 Å². The molecule has 0 amide bonds. The average molecular weight is 372 g/mol. The maximum Gasteiger partial charge on any atom is 0.340 e. The summed E-state index contributed by atoms with van der Waals surface area (Å²) < 4.78 is 13.0. The minimum absolute atomic E-state index is 0.345. The van der Waals surface area contributed by atoms with Crippen molar-refractivity contribution >= 4 is 5.91 Å². The van der Waals surface area contributed by atoms with Gasteiger partial charge in [0.25, 0.3) is 11.5 Å². The van der Waals surface area contributed by atoms with Crippen LogP contribution in [0.15, 0.2) is 33.9 Å². The van der Waals surface area contributed by atoms with E-state index in [2.05, 4.69) is 0 Å². The maximum atomic E-state index is 13.1. The van der Waals surface area contributed by atoms with Gasteiger partial charge in [0.15, 0.2) is 0 Å². The SMILES string of the molecule is CCc1c(C)n(C(=O)c2ccc(OC)cc2)c(=O)n(C2CCCCO2)c1=O. The molecule has 1 aromatic carbocycles. The Balaban J connectivity index is 2.17. The zero-order valence-electron chi connectivity index (χ0n) is 15.9. The van der Waals surface area contributed by atoms with Crippen LogP contribution < -0.4 is 16.0 Å². The standard InChI is InChI=1S/C20H24N2O5/c1-4-16-13(2)21(18(23)14-8-10-15(26-3)11-9-14)20(25)22(19(16)24)17-7-5-6-12-27-17/h8-11,17H,4-7,12H2,1-3H3. The van der Waals surface area contributed by atoms with Gasteiger partial charge in [-0.2, -0.15) is 0 Å². The molecule has 2 heterocycles. The number of methoxy groups -OCH3 is 1. The van der Waals surface area contributed by atoms with Crippen LogP contribution in [0.3, 0.4) is 0 Å². The van der Waals surface area contributed by atoms with E-state index in [1.54, 1.807) is 38.3 Å². The highest BCUT2D eigenvalue weighted by molar-refractivity contribution is 5.96. The van der Waals surface area contributed by atoms with E-state index in [0.29, 0.717) is 42.0 Å². The molecular formula is C20H24N2O5. The lowest BCUT2D eigenvalue weighted by atomic mass is 10.1. The second-order valence-corrected chi connectivity index (χ2v) is 6.57. The molecule has 144 valence electrons. The summed E-state index contributed by atoms with van der Waals surface area (Å²) in [6, 6.07) is 6.53. The van der Waals surface area contributed by atoms with Gasteiger partial charge in [-0.05, 0) is 56.9 Å². The topological polar surface area (TPSA) is 79.5 Å². The first-order valence-corrected chi connectivity index (χ1v) is 9.17. The summed E-state index contributed by atoms with van der Waals surface area (Å²) in [5.74, 6) is 0.143. The molecular weight excluding hydrogens is 348 g/mol. The summed E-state index contributed by atoms with van der Waals surface area (Å²) in [5.41, 5.74) is 0.150. The molecule has 1 unspecified atom stereocenters. The van der Waals surface area contributed by atoms with E-state index in [-0.39, 0.29) is 5.56 Å². The summed E-state index contributed by atoms with van der Waals surface area (Å²) >= 11 is 0. The van der Waals surface area contributed by atoms with E-state index in [0.717, 1.165) is 22.0 Å². The van der Waals surface area contributed by atoms with Crippen molar-refractivity contribution in [1.29, 1.82) is 0 Å². The summed E-state index contributed by atoms with van der Waals surface area (Å²) in [6.07, 6.45) is 2.15. The smallest absolute Gasteiger partial charge is 0.340 e. The number of hydrogen-bond acceptors (Lipinski definition) is 5. The lowest BCUT2D eigenvalue weighted by Gasteiger charge is -2.25. The maximum absolute atomic E-state index is 13.1. The quantitative estimate of drug-likeness (QED) is 0.823. The number of carbonyl (C=O) groups is 1. The van der Waals surface area contributed by atoms with Crippen LogP contribution in [0.5, 0.6) is 5.75 Å². The molecule has 1 aliphatic rings. The Hall–Kier alpha value is -2.67. The van der Waals surface area contributed by atoms with Crippen LogP contribution in [0.25, 0.3) is 0 Å². The van der Waals surface area contributed by atoms with Crippen LogP contribution in [0.4, 0.5) is 0 Å². The second kappa shape index (κ2) is 7.92. The largest absolute Gasteiger partial charge is 0.497 e. The number of rotatable bonds is 4. The molecule has 1 aliphatic heterocycles. The highest BCUT2D eigenvalue weighted by Crippen LogP contribution is 2.20. The molecule has 1 fully saturated rings. The fourth-order valence-electron chi connectivity index (χ4n) is 3.46. The number of hydrogen-bond donors (Lipinski definition) is 0. The third-order valence-electron chi connectivity index (χ3n) is 4.98. The Morgan fingerprint density at radius 3 is 2.48 bits per heavy atom. The summed E-state index contributed by atoms with van der Waals surface area (Å²) in [7, 11) is 1.54. The lowest BCUT2D eigenvalue weighted by Crippen LogP contribution is -2.48. The van der Waals surface area contributed by atoms with Crippen LogP contribution in [0.1, 0.15) is 54.0 Å². The predicted octanol–water partition coefficient (Wildman–Crippen LogP) is 2.28. The Morgan fingerprint density at radius 1 is 1.22 bits per heavy atom. The molecule has 1 saturated heterocycles. The number of aromatic nitrogens is 2. The van der Waals surface area contributed by atoms with Crippen LogP contribution in [0, 0.1) is 6.92 Å². The van der Waals surface area contributed by atoms with Crippen molar-refractivity contribution < 1.29 is 14.3 Å². The van der Waals surface area contributed by atoms with Crippen LogP contribution in [0.2, 0.25) is 0 Å². The fraction of sp³-hybridized carbons (Fsp3) is 0.450. The molecule has 1 atom stereocenters. The molecule has 2 aromatic rings. The van der Waals surface area contributed by atoms with Crippen molar-refractivity contribution in [2.75, 3.05) is 13.7 Å². The number of benzene rings is 1. The first kappa shape index (κ1) is 19.1.